The molecule has 0 aliphatic heterocycles. The van der Waals surface area contributed by atoms with Crippen molar-refractivity contribution in [3.63, 3.8) is 0 Å². The van der Waals surface area contributed by atoms with E-state index in [1.54, 1.807) is 18.2 Å². The number of rotatable bonds is 3. The van der Waals surface area contributed by atoms with Crippen molar-refractivity contribution in [3.8, 4) is 5.75 Å². The molecular formula is C11H9FN2O2. The molecule has 2 aromatic heterocycles. The molecule has 0 unspecified atom stereocenters. The summed E-state index contributed by atoms with van der Waals surface area (Å²) in [6, 6.07) is 6.09. The van der Waals surface area contributed by atoms with Crippen molar-refractivity contribution in [2.75, 3.05) is 0 Å². The minimum absolute atomic E-state index is 0.131. The first-order valence-electron chi connectivity index (χ1n) is 4.66. The Balaban J connectivity index is 2.08. The number of halogens is 1. The van der Waals surface area contributed by atoms with Gasteiger partial charge in [0.05, 0.1) is 0 Å². The lowest BCUT2D eigenvalue weighted by molar-refractivity contribution is 0.300. The molecule has 0 atom stereocenters. The van der Waals surface area contributed by atoms with Crippen molar-refractivity contribution in [1.29, 1.82) is 0 Å². The van der Waals surface area contributed by atoms with Crippen LogP contribution in [0.15, 0.2) is 41.5 Å². The summed E-state index contributed by atoms with van der Waals surface area (Å²) < 4.78 is 18.0. The Labute approximate surface area is 90.7 Å². The van der Waals surface area contributed by atoms with Crippen LogP contribution in [0.25, 0.3) is 0 Å². The van der Waals surface area contributed by atoms with Crippen molar-refractivity contribution in [3.05, 3.63) is 58.5 Å². The van der Waals surface area contributed by atoms with Crippen molar-refractivity contribution in [2.24, 2.45) is 0 Å². The predicted molar refractivity (Wildman–Crippen MR) is 55.6 cm³/mol. The Morgan fingerprint density at radius 3 is 3.06 bits per heavy atom. The molecule has 0 fully saturated rings. The molecule has 16 heavy (non-hydrogen) atoms. The second-order valence-electron chi connectivity index (χ2n) is 3.14. The van der Waals surface area contributed by atoms with E-state index in [1.165, 1.54) is 18.5 Å². The van der Waals surface area contributed by atoms with Crippen LogP contribution in [-0.4, -0.2) is 9.97 Å². The predicted octanol–water partition coefficient (Wildman–Crippen LogP) is 1.49. The van der Waals surface area contributed by atoms with Gasteiger partial charge in [-0.25, -0.2) is 4.98 Å². The maximum absolute atomic E-state index is 12.7. The SMILES string of the molecule is O=c1[nH]cccc1OCc1ccnc(F)c1. The number of aromatic amines is 1. The number of ether oxygens (including phenoxy) is 1. The Bertz CT molecular complexity index is 539. The molecule has 0 bridgehead atoms. The first-order chi connectivity index (χ1) is 7.75. The summed E-state index contributed by atoms with van der Waals surface area (Å²) in [5.41, 5.74) is 0.313. The molecule has 0 aliphatic carbocycles. The van der Waals surface area contributed by atoms with Crippen LogP contribution in [0.2, 0.25) is 0 Å². The zero-order valence-electron chi connectivity index (χ0n) is 8.31. The lowest BCUT2D eigenvalue weighted by Gasteiger charge is -2.04. The van der Waals surface area contributed by atoms with Crippen LogP contribution in [0, 0.1) is 5.95 Å². The van der Waals surface area contributed by atoms with Crippen LogP contribution in [-0.2, 0) is 6.61 Å². The summed E-state index contributed by atoms with van der Waals surface area (Å²) in [5.74, 6) is -0.359. The summed E-state index contributed by atoms with van der Waals surface area (Å²) in [6.07, 6.45) is 2.87. The Morgan fingerprint density at radius 1 is 1.44 bits per heavy atom. The average molecular weight is 220 g/mol. The minimum Gasteiger partial charge on any atom is -0.483 e. The lowest BCUT2D eigenvalue weighted by Crippen LogP contribution is -2.09. The first-order valence-corrected chi connectivity index (χ1v) is 4.66. The number of H-pyrrole nitrogens is 1. The highest BCUT2D eigenvalue weighted by Gasteiger charge is 2.00. The van der Waals surface area contributed by atoms with E-state index in [9.17, 15) is 9.18 Å². The fraction of sp³-hybridized carbons (Fsp3) is 0.0909. The molecule has 0 aliphatic rings. The van der Waals surface area contributed by atoms with Crippen molar-refractivity contribution < 1.29 is 9.13 Å². The highest BCUT2D eigenvalue weighted by atomic mass is 19.1. The molecule has 0 saturated heterocycles. The van der Waals surface area contributed by atoms with E-state index in [0.717, 1.165) is 0 Å². The van der Waals surface area contributed by atoms with Gasteiger partial charge >= 0.3 is 0 Å². The second-order valence-corrected chi connectivity index (χ2v) is 3.14. The molecule has 4 nitrogen and oxygen atoms in total. The van der Waals surface area contributed by atoms with Gasteiger partial charge in [0.2, 0.25) is 5.95 Å². The first kappa shape index (κ1) is 10.4. The smallest absolute Gasteiger partial charge is 0.290 e. The third-order valence-electron chi connectivity index (χ3n) is 1.97. The molecule has 5 heteroatoms. The number of hydrogen-bond acceptors (Lipinski definition) is 3. The van der Waals surface area contributed by atoms with Crippen LogP contribution < -0.4 is 10.3 Å². The number of pyridine rings is 2. The van der Waals surface area contributed by atoms with Crippen molar-refractivity contribution >= 4 is 0 Å². The molecule has 2 heterocycles. The van der Waals surface area contributed by atoms with Crippen LogP contribution in [0.1, 0.15) is 5.56 Å². The van der Waals surface area contributed by atoms with Gasteiger partial charge in [-0.2, -0.15) is 4.39 Å². The Morgan fingerprint density at radius 2 is 2.31 bits per heavy atom. The molecule has 82 valence electrons. The van der Waals surface area contributed by atoms with E-state index >= 15 is 0 Å². The molecule has 0 aromatic carbocycles. The quantitative estimate of drug-likeness (QED) is 0.797. The molecule has 0 radical (unpaired) electrons. The largest absolute Gasteiger partial charge is 0.483 e. The Hall–Kier alpha value is -2.17. The zero-order chi connectivity index (χ0) is 11.4. The van der Waals surface area contributed by atoms with E-state index in [-0.39, 0.29) is 17.9 Å². The van der Waals surface area contributed by atoms with Crippen molar-refractivity contribution in [2.45, 2.75) is 6.61 Å². The zero-order valence-corrected chi connectivity index (χ0v) is 8.31. The summed E-state index contributed by atoms with van der Waals surface area (Å²) in [6.45, 7) is 0.131. The molecule has 0 spiro atoms. The molecule has 0 saturated carbocycles. The standard InChI is InChI=1S/C11H9FN2O2/c12-10-6-8(3-5-13-10)7-16-9-2-1-4-14-11(9)15/h1-6H,7H2,(H,14,15). The van der Waals surface area contributed by atoms with Crippen molar-refractivity contribution in [1.82, 2.24) is 9.97 Å². The van der Waals surface area contributed by atoms with Gasteiger partial charge < -0.3 is 9.72 Å². The van der Waals surface area contributed by atoms with Crippen LogP contribution in [0.5, 0.6) is 5.75 Å². The highest BCUT2D eigenvalue weighted by Crippen LogP contribution is 2.06. The van der Waals surface area contributed by atoms with E-state index in [2.05, 4.69) is 9.97 Å². The monoisotopic (exact) mass is 220 g/mol. The van der Waals surface area contributed by atoms with Crippen LogP contribution in [0.4, 0.5) is 4.39 Å². The van der Waals surface area contributed by atoms with E-state index < -0.39 is 5.95 Å². The molecule has 2 aromatic rings. The summed E-state index contributed by atoms with van der Waals surface area (Å²) in [5, 5.41) is 0. The highest BCUT2D eigenvalue weighted by molar-refractivity contribution is 5.17. The van der Waals surface area contributed by atoms with Gasteiger partial charge in [-0.05, 0) is 29.8 Å². The fourth-order valence-corrected chi connectivity index (χ4v) is 1.21. The maximum Gasteiger partial charge on any atom is 0.290 e. The summed E-state index contributed by atoms with van der Waals surface area (Å²) in [4.78, 5) is 17.1. The number of nitrogens with zero attached hydrogens (tertiary/aromatic N) is 1. The third-order valence-corrected chi connectivity index (χ3v) is 1.97. The molecule has 2 rings (SSSR count). The average Bonchev–Trinajstić information content (AvgIpc) is 2.28. The minimum atomic E-state index is -0.567. The van der Waals surface area contributed by atoms with E-state index in [0.29, 0.717) is 5.56 Å². The maximum atomic E-state index is 12.7. The van der Waals surface area contributed by atoms with Gasteiger partial charge in [-0.3, -0.25) is 4.79 Å². The van der Waals surface area contributed by atoms with Gasteiger partial charge in [0.1, 0.15) is 6.61 Å². The normalized spacial score (nSPS) is 10.1. The van der Waals surface area contributed by atoms with Gasteiger partial charge in [-0.1, -0.05) is 0 Å². The van der Waals surface area contributed by atoms with Gasteiger partial charge in [0.15, 0.2) is 5.75 Å². The lowest BCUT2D eigenvalue weighted by atomic mass is 10.3. The van der Waals surface area contributed by atoms with Crippen LogP contribution in [0.3, 0.4) is 0 Å². The van der Waals surface area contributed by atoms with E-state index in [4.69, 9.17) is 4.74 Å². The Kier molecular flexibility index (Phi) is 2.95. The molecule has 1 N–H and O–H groups in total. The third kappa shape index (κ3) is 2.44. The van der Waals surface area contributed by atoms with Gasteiger partial charge in [-0.15, -0.1) is 0 Å². The molecule has 0 amide bonds. The second kappa shape index (κ2) is 4.57. The number of nitrogens with one attached hydrogen (secondary N) is 1. The summed E-state index contributed by atoms with van der Waals surface area (Å²) >= 11 is 0. The van der Waals surface area contributed by atoms with Crippen LogP contribution >= 0.6 is 0 Å². The van der Waals surface area contributed by atoms with Gasteiger partial charge in [0, 0.05) is 12.4 Å². The number of hydrogen-bond donors (Lipinski definition) is 1. The fourth-order valence-electron chi connectivity index (χ4n) is 1.21. The summed E-state index contributed by atoms with van der Waals surface area (Å²) in [7, 11) is 0. The molecular weight excluding hydrogens is 211 g/mol. The topological polar surface area (TPSA) is 55.0 Å². The number of aromatic nitrogens is 2. The van der Waals surface area contributed by atoms with E-state index in [1.807, 2.05) is 0 Å². The van der Waals surface area contributed by atoms with Gasteiger partial charge in [0.25, 0.3) is 5.56 Å².